The standard InChI is InChI=1S/C14H14O2S/c1-12-6-5-9-14(11-10-12)17(15,16)13-7-3-2-4-8-13/h2-9,11H,10H2,1H3. The van der Waals surface area contributed by atoms with Crippen molar-refractivity contribution in [1.29, 1.82) is 0 Å². The average molecular weight is 246 g/mol. The highest BCUT2D eigenvalue weighted by molar-refractivity contribution is 7.95. The molecule has 0 atom stereocenters. The smallest absolute Gasteiger partial charge is 0.206 e. The molecule has 17 heavy (non-hydrogen) atoms. The molecule has 2 rings (SSSR count). The zero-order valence-electron chi connectivity index (χ0n) is 9.63. The van der Waals surface area contributed by atoms with E-state index in [-0.39, 0.29) is 0 Å². The molecule has 0 saturated heterocycles. The molecule has 1 aliphatic rings. The summed E-state index contributed by atoms with van der Waals surface area (Å²) in [6, 6.07) is 8.52. The summed E-state index contributed by atoms with van der Waals surface area (Å²) in [6.45, 7) is 1.99. The van der Waals surface area contributed by atoms with Crippen molar-refractivity contribution < 1.29 is 8.42 Å². The molecule has 0 amide bonds. The molecule has 0 bridgehead atoms. The molecule has 1 aliphatic carbocycles. The van der Waals surface area contributed by atoms with Gasteiger partial charge in [0.2, 0.25) is 9.84 Å². The second-order valence-electron chi connectivity index (χ2n) is 4.00. The third kappa shape index (κ3) is 2.56. The maximum Gasteiger partial charge on any atom is 0.206 e. The summed E-state index contributed by atoms with van der Waals surface area (Å²) in [6.07, 6.45) is 7.81. The first-order chi connectivity index (χ1) is 8.10. The maximum atomic E-state index is 12.3. The molecule has 0 radical (unpaired) electrons. The molecule has 0 heterocycles. The van der Waals surface area contributed by atoms with Crippen molar-refractivity contribution in [1.82, 2.24) is 0 Å². The van der Waals surface area contributed by atoms with E-state index < -0.39 is 9.84 Å². The number of allylic oxidation sites excluding steroid dienone is 5. The fraction of sp³-hybridized carbons (Fsp3) is 0.143. The lowest BCUT2D eigenvalue weighted by Gasteiger charge is -2.04. The van der Waals surface area contributed by atoms with Gasteiger partial charge >= 0.3 is 0 Å². The number of benzene rings is 1. The minimum Gasteiger partial charge on any atom is -0.219 e. The van der Waals surface area contributed by atoms with Gasteiger partial charge < -0.3 is 0 Å². The van der Waals surface area contributed by atoms with Crippen LogP contribution in [-0.2, 0) is 9.84 Å². The summed E-state index contributed by atoms with van der Waals surface area (Å²) in [4.78, 5) is 0.715. The average Bonchev–Trinajstić information content (AvgIpc) is 2.55. The van der Waals surface area contributed by atoms with Crippen LogP contribution < -0.4 is 0 Å². The van der Waals surface area contributed by atoms with E-state index in [0.29, 0.717) is 16.2 Å². The Morgan fingerprint density at radius 1 is 1.12 bits per heavy atom. The maximum absolute atomic E-state index is 12.3. The molecule has 0 unspecified atom stereocenters. The van der Waals surface area contributed by atoms with Crippen LogP contribution in [0.25, 0.3) is 0 Å². The van der Waals surface area contributed by atoms with Crippen LogP contribution in [-0.4, -0.2) is 8.42 Å². The molecule has 88 valence electrons. The zero-order valence-corrected chi connectivity index (χ0v) is 10.4. The summed E-state index contributed by atoms with van der Waals surface area (Å²) in [7, 11) is -3.37. The molecule has 0 spiro atoms. The highest BCUT2D eigenvalue weighted by atomic mass is 32.2. The van der Waals surface area contributed by atoms with Crippen LogP contribution in [0.3, 0.4) is 0 Å². The van der Waals surface area contributed by atoms with Crippen molar-refractivity contribution in [2.45, 2.75) is 18.2 Å². The van der Waals surface area contributed by atoms with Crippen LogP contribution in [0.15, 0.2) is 70.0 Å². The van der Waals surface area contributed by atoms with Crippen molar-refractivity contribution in [3.8, 4) is 0 Å². The molecule has 0 fully saturated rings. The lowest BCUT2D eigenvalue weighted by molar-refractivity contribution is 0.603. The van der Waals surface area contributed by atoms with Crippen LogP contribution >= 0.6 is 0 Å². The summed E-state index contributed by atoms with van der Waals surface area (Å²) in [5, 5.41) is 0. The Bertz CT molecular complexity index is 590. The normalized spacial score (nSPS) is 16.1. The first-order valence-electron chi connectivity index (χ1n) is 5.45. The second-order valence-corrected chi connectivity index (χ2v) is 5.95. The van der Waals surface area contributed by atoms with Crippen molar-refractivity contribution in [3.63, 3.8) is 0 Å². The Morgan fingerprint density at radius 3 is 2.53 bits per heavy atom. The Hall–Kier alpha value is -1.61. The summed E-state index contributed by atoms with van der Waals surface area (Å²) < 4.78 is 24.6. The van der Waals surface area contributed by atoms with E-state index in [2.05, 4.69) is 0 Å². The zero-order chi connectivity index (χ0) is 12.3. The fourth-order valence-corrected chi connectivity index (χ4v) is 2.99. The number of hydrogen-bond acceptors (Lipinski definition) is 2. The molecule has 0 N–H and O–H groups in total. The first kappa shape index (κ1) is 11.9. The van der Waals surface area contributed by atoms with E-state index in [0.717, 1.165) is 5.57 Å². The van der Waals surface area contributed by atoms with E-state index >= 15 is 0 Å². The largest absolute Gasteiger partial charge is 0.219 e. The van der Waals surface area contributed by atoms with Gasteiger partial charge in [-0.05, 0) is 31.6 Å². The van der Waals surface area contributed by atoms with Gasteiger partial charge in [0.15, 0.2) is 0 Å². The van der Waals surface area contributed by atoms with E-state index in [9.17, 15) is 8.42 Å². The van der Waals surface area contributed by atoms with Crippen LogP contribution in [0.2, 0.25) is 0 Å². The van der Waals surface area contributed by atoms with Crippen molar-refractivity contribution >= 4 is 9.84 Å². The highest BCUT2D eigenvalue weighted by Crippen LogP contribution is 2.23. The Balaban J connectivity index is 2.42. The Kier molecular flexibility index (Phi) is 3.29. The van der Waals surface area contributed by atoms with E-state index in [1.54, 1.807) is 42.5 Å². The van der Waals surface area contributed by atoms with Crippen LogP contribution in [0.5, 0.6) is 0 Å². The number of hydrogen-bond donors (Lipinski definition) is 0. The lowest BCUT2D eigenvalue weighted by Crippen LogP contribution is -2.02. The SMILES string of the molecule is CC1=CC=CC(S(=O)(=O)c2ccccc2)=CC1. The Labute approximate surface area is 102 Å². The summed E-state index contributed by atoms with van der Waals surface area (Å²) in [5.74, 6) is 0. The first-order valence-corrected chi connectivity index (χ1v) is 6.93. The molecule has 3 heteroatoms. The van der Waals surface area contributed by atoms with Gasteiger partial charge in [-0.25, -0.2) is 8.42 Å². The minimum atomic E-state index is -3.37. The molecule has 0 aliphatic heterocycles. The van der Waals surface area contributed by atoms with Gasteiger partial charge in [0.1, 0.15) is 0 Å². The second kappa shape index (κ2) is 4.72. The van der Waals surface area contributed by atoms with E-state index in [4.69, 9.17) is 0 Å². The molecule has 2 nitrogen and oxygen atoms in total. The van der Waals surface area contributed by atoms with E-state index in [1.165, 1.54) is 0 Å². The van der Waals surface area contributed by atoms with Gasteiger partial charge in [-0.15, -0.1) is 0 Å². The van der Waals surface area contributed by atoms with Crippen LogP contribution in [0.4, 0.5) is 0 Å². The third-order valence-electron chi connectivity index (χ3n) is 2.63. The van der Waals surface area contributed by atoms with Crippen LogP contribution in [0, 0.1) is 0 Å². The van der Waals surface area contributed by atoms with Crippen molar-refractivity contribution in [2.75, 3.05) is 0 Å². The predicted octanol–water partition coefficient (Wildman–Crippen LogP) is 3.25. The molecule has 1 aromatic rings. The summed E-state index contributed by atoms with van der Waals surface area (Å²) >= 11 is 0. The quantitative estimate of drug-likeness (QED) is 0.802. The van der Waals surface area contributed by atoms with E-state index in [1.807, 2.05) is 19.1 Å². The van der Waals surface area contributed by atoms with Crippen molar-refractivity contribution in [2.24, 2.45) is 0 Å². The Morgan fingerprint density at radius 2 is 1.82 bits per heavy atom. The van der Waals surface area contributed by atoms with Gasteiger partial charge in [0.25, 0.3) is 0 Å². The lowest BCUT2D eigenvalue weighted by atomic mass is 10.2. The summed E-state index contributed by atoms with van der Waals surface area (Å²) in [5.41, 5.74) is 1.15. The van der Waals surface area contributed by atoms with Gasteiger partial charge in [-0.3, -0.25) is 0 Å². The van der Waals surface area contributed by atoms with Gasteiger partial charge in [-0.2, -0.15) is 0 Å². The monoisotopic (exact) mass is 246 g/mol. The minimum absolute atomic E-state index is 0.343. The van der Waals surface area contributed by atoms with Crippen LogP contribution in [0.1, 0.15) is 13.3 Å². The molecule has 0 saturated carbocycles. The highest BCUT2D eigenvalue weighted by Gasteiger charge is 2.18. The molecule has 1 aromatic carbocycles. The predicted molar refractivity (Wildman–Crippen MR) is 69.2 cm³/mol. The topological polar surface area (TPSA) is 34.1 Å². The third-order valence-corrected chi connectivity index (χ3v) is 4.45. The fourth-order valence-electron chi connectivity index (χ4n) is 1.64. The van der Waals surface area contributed by atoms with Gasteiger partial charge in [0.05, 0.1) is 9.80 Å². The van der Waals surface area contributed by atoms with Crippen molar-refractivity contribution in [3.05, 3.63) is 65.1 Å². The van der Waals surface area contributed by atoms with Gasteiger partial charge in [0, 0.05) is 0 Å². The van der Waals surface area contributed by atoms with Gasteiger partial charge in [-0.1, -0.05) is 42.0 Å². The number of sulfone groups is 1. The molecular formula is C14H14O2S. The number of rotatable bonds is 2. The molecular weight excluding hydrogens is 232 g/mol. The molecule has 0 aromatic heterocycles.